The number of carbonyl (C=O) groups is 1. The molecule has 0 aliphatic heterocycles. The van der Waals surface area contributed by atoms with Gasteiger partial charge in [0.1, 0.15) is 0 Å². The Labute approximate surface area is 140 Å². The first-order chi connectivity index (χ1) is 10.0. The summed E-state index contributed by atoms with van der Waals surface area (Å²) in [6.07, 6.45) is 1.73. The number of nitrogens with zero attached hydrogens (tertiary/aromatic N) is 1. The highest BCUT2D eigenvalue weighted by Crippen LogP contribution is 2.23. The van der Waals surface area contributed by atoms with Crippen LogP contribution in [0, 0.1) is 6.92 Å². The Kier molecular flexibility index (Phi) is 5.36. The summed E-state index contributed by atoms with van der Waals surface area (Å²) in [5.74, 6) is -0.357. The number of benzene rings is 1. The summed E-state index contributed by atoms with van der Waals surface area (Å²) in [5.41, 5.74) is 3.10. The molecule has 21 heavy (non-hydrogen) atoms. The van der Waals surface area contributed by atoms with Gasteiger partial charge in [0.15, 0.2) is 0 Å². The van der Waals surface area contributed by atoms with Gasteiger partial charge < -0.3 is 10.1 Å². The first kappa shape index (κ1) is 16.0. The number of carbonyl (C=O) groups excluding carboxylic acids is 1. The van der Waals surface area contributed by atoms with Crippen LogP contribution in [0.3, 0.4) is 0 Å². The quantitative estimate of drug-likeness (QED) is 0.758. The topological polar surface area (TPSA) is 51.2 Å². The second-order valence-electron chi connectivity index (χ2n) is 4.48. The maximum absolute atomic E-state index is 11.8. The van der Waals surface area contributed by atoms with Crippen molar-refractivity contribution in [3.8, 4) is 0 Å². The third-order valence-electron chi connectivity index (χ3n) is 2.91. The number of rotatable bonds is 4. The highest BCUT2D eigenvalue weighted by molar-refractivity contribution is 9.11. The average molecular weight is 414 g/mol. The van der Waals surface area contributed by atoms with Gasteiger partial charge in [-0.3, -0.25) is 4.98 Å². The lowest BCUT2D eigenvalue weighted by atomic mass is 10.1. The van der Waals surface area contributed by atoms with E-state index < -0.39 is 0 Å². The molecule has 0 spiro atoms. The number of aryl methyl sites for hydroxylation is 1. The number of aromatic nitrogens is 1. The van der Waals surface area contributed by atoms with Gasteiger partial charge in [-0.25, -0.2) is 4.79 Å². The minimum atomic E-state index is -0.357. The zero-order chi connectivity index (χ0) is 15.4. The Balaban J connectivity index is 2.21. The number of pyridine rings is 1. The lowest BCUT2D eigenvalue weighted by molar-refractivity contribution is 0.0601. The Morgan fingerprint density at radius 2 is 2.10 bits per heavy atom. The molecular weight excluding hydrogens is 400 g/mol. The second-order valence-corrected chi connectivity index (χ2v) is 6.25. The van der Waals surface area contributed by atoms with Crippen molar-refractivity contribution in [1.82, 2.24) is 4.98 Å². The molecule has 110 valence electrons. The molecule has 1 heterocycles. The van der Waals surface area contributed by atoms with Gasteiger partial charge >= 0.3 is 5.97 Å². The van der Waals surface area contributed by atoms with Crippen LogP contribution in [0.15, 0.2) is 39.4 Å². The molecule has 1 aromatic carbocycles. The van der Waals surface area contributed by atoms with E-state index in [1.165, 1.54) is 7.11 Å². The summed E-state index contributed by atoms with van der Waals surface area (Å²) in [5, 5.41) is 3.22. The number of methoxy groups -OCH3 is 1. The fourth-order valence-corrected chi connectivity index (χ4v) is 2.97. The van der Waals surface area contributed by atoms with Crippen molar-refractivity contribution in [2.75, 3.05) is 12.4 Å². The largest absolute Gasteiger partial charge is 0.465 e. The van der Waals surface area contributed by atoms with Gasteiger partial charge in [0, 0.05) is 20.8 Å². The molecule has 0 fully saturated rings. The van der Waals surface area contributed by atoms with Gasteiger partial charge in [-0.05, 0) is 57.0 Å². The lowest BCUT2D eigenvalue weighted by Gasteiger charge is -2.12. The van der Waals surface area contributed by atoms with Crippen LogP contribution in [-0.4, -0.2) is 18.1 Å². The van der Waals surface area contributed by atoms with Crippen molar-refractivity contribution in [1.29, 1.82) is 0 Å². The zero-order valence-electron chi connectivity index (χ0n) is 11.6. The summed E-state index contributed by atoms with van der Waals surface area (Å²) < 4.78 is 6.62. The molecule has 1 N–H and O–H groups in total. The lowest BCUT2D eigenvalue weighted by Crippen LogP contribution is -2.09. The first-order valence-corrected chi connectivity index (χ1v) is 7.82. The maximum Gasteiger partial charge on any atom is 0.339 e. The van der Waals surface area contributed by atoms with Crippen molar-refractivity contribution in [3.63, 3.8) is 0 Å². The van der Waals surface area contributed by atoms with Crippen molar-refractivity contribution in [2.24, 2.45) is 0 Å². The number of nitrogens with one attached hydrogen (secondary N) is 1. The summed E-state index contributed by atoms with van der Waals surface area (Å²) in [7, 11) is 1.38. The molecular formula is C15H14Br2N2O2. The van der Waals surface area contributed by atoms with Crippen LogP contribution in [0.2, 0.25) is 0 Å². The smallest absolute Gasteiger partial charge is 0.339 e. The van der Waals surface area contributed by atoms with E-state index >= 15 is 0 Å². The van der Waals surface area contributed by atoms with Crippen molar-refractivity contribution < 1.29 is 9.53 Å². The summed E-state index contributed by atoms with van der Waals surface area (Å²) in [6, 6.07) is 7.55. The third-order valence-corrected chi connectivity index (χ3v) is 4.03. The standard InChI is InChI=1S/C15H14Br2N2O2/c1-9-3-4-13(11(5-9)15(20)21-2)19-8-14-12(17)6-10(16)7-18-14/h3-7,19H,8H2,1-2H3. The van der Waals surface area contributed by atoms with Crippen molar-refractivity contribution >= 4 is 43.5 Å². The van der Waals surface area contributed by atoms with Gasteiger partial charge in [0.05, 0.1) is 24.9 Å². The molecule has 0 bridgehead atoms. The van der Waals surface area contributed by atoms with Gasteiger partial charge in [0.25, 0.3) is 0 Å². The summed E-state index contributed by atoms with van der Waals surface area (Å²) in [4.78, 5) is 16.1. The number of hydrogen-bond acceptors (Lipinski definition) is 4. The van der Waals surface area contributed by atoms with Crippen molar-refractivity contribution in [2.45, 2.75) is 13.5 Å². The molecule has 1 aromatic heterocycles. The molecule has 0 amide bonds. The third kappa shape index (κ3) is 4.04. The Morgan fingerprint density at radius 3 is 2.76 bits per heavy atom. The Hall–Kier alpha value is -1.40. The van der Waals surface area contributed by atoms with Crippen LogP contribution in [0.25, 0.3) is 0 Å². The normalized spacial score (nSPS) is 10.3. The zero-order valence-corrected chi connectivity index (χ0v) is 14.8. The van der Waals surface area contributed by atoms with E-state index in [1.807, 2.05) is 25.1 Å². The van der Waals surface area contributed by atoms with E-state index in [-0.39, 0.29) is 5.97 Å². The number of esters is 1. The molecule has 6 heteroatoms. The van der Waals surface area contributed by atoms with Crippen LogP contribution in [0.4, 0.5) is 5.69 Å². The van der Waals surface area contributed by atoms with E-state index in [9.17, 15) is 4.79 Å². The van der Waals surface area contributed by atoms with Crippen LogP contribution in [0.5, 0.6) is 0 Å². The van der Waals surface area contributed by atoms with Crippen molar-refractivity contribution in [3.05, 3.63) is 56.2 Å². The van der Waals surface area contributed by atoms with Crippen LogP contribution < -0.4 is 5.32 Å². The van der Waals surface area contributed by atoms with E-state index in [0.29, 0.717) is 12.1 Å². The summed E-state index contributed by atoms with van der Waals surface area (Å²) >= 11 is 6.84. The molecule has 0 aliphatic carbocycles. The molecule has 4 nitrogen and oxygen atoms in total. The average Bonchev–Trinajstić information content (AvgIpc) is 2.46. The number of halogens is 2. The highest BCUT2D eigenvalue weighted by atomic mass is 79.9. The highest BCUT2D eigenvalue weighted by Gasteiger charge is 2.12. The number of anilines is 1. The van der Waals surface area contributed by atoms with E-state index in [4.69, 9.17) is 4.74 Å². The number of hydrogen-bond donors (Lipinski definition) is 1. The molecule has 2 aromatic rings. The molecule has 0 atom stereocenters. The van der Waals surface area contributed by atoms with E-state index in [2.05, 4.69) is 42.2 Å². The Bertz CT molecular complexity index is 675. The fourth-order valence-electron chi connectivity index (χ4n) is 1.84. The van der Waals surface area contributed by atoms with Gasteiger partial charge in [0.2, 0.25) is 0 Å². The molecule has 0 saturated carbocycles. The van der Waals surface area contributed by atoms with Gasteiger partial charge in [-0.15, -0.1) is 0 Å². The van der Waals surface area contributed by atoms with Gasteiger partial charge in [-0.2, -0.15) is 0 Å². The van der Waals surface area contributed by atoms with Crippen LogP contribution in [-0.2, 0) is 11.3 Å². The Morgan fingerprint density at radius 1 is 1.33 bits per heavy atom. The minimum absolute atomic E-state index is 0.357. The number of ether oxygens (including phenoxy) is 1. The summed E-state index contributed by atoms with van der Waals surface area (Å²) in [6.45, 7) is 2.43. The molecule has 0 aliphatic rings. The molecule has 0 saturated heterocycles. The first-order valence-electron chi connectivity index (χ1n) is 6.24. The van der Waals surface area contributed by atoms with Gasteiger partial charge in [-0.1, -0.05) is 11.6 Å². The minimum Gasteiger partial charge on any atom is -0.465 e. The second kappa shape index (κ2) is 7.04. The SMILES string of the molecule is COC(=O)c1cc(C)ccc1NCc1ncc(Br)cc1Br. The van der Waals surface area contributed by atoms with Crippen LogP contribution >= 0.6 is 31.9 Å². The molecule has 2 rings (SSSR count). The molecule has 0 radical (unpaired) electrons. The predicted molar refractivity (Wildman–Crippen MR) is 89.5 cm³/mol. The maximum atomic E-state index is 11.8. The fraction of sp³-hybridized carbons (Fsp3) is 0.200. The van der Waals surface area contributed by atoms with E-state index in [0.717, 1.165) is 25.9 Å². The van der Waals surface area contributed by atoms with E-state index in [1.54, 1.807) is 12.3 Å². The predicted octanol–water partition coefficient (Wildman–Crippen LogP) is 4.31. The molecule has 0 unspecified atom stereocenters. The van der Waals surface area contributed by atoms with Crippen LogP contribution in [0.1, 0.15) is 21.6 Å². The monoisotopic (exact) mass is 412 g/mol.